The number of rotatable bonds is 4. The van der Waals surface area contributed by atoms with Gasteiger partial charge in [0.2, 0.25) is 5.91 Å². The second kappa shape index (κ2) is 5.66. The molecule has 6 heteroatoms. The maximum atomic E-state index is 12.0. The SMILES string of the molecule is CCCCN1CCN(C(=O)c2cnc[nH]2)CC1=O. The van der Waals surface area contributed by atoms with Crippen LogP contribution >= 0.6 is 0 Å². The van der Waals surface area contributed by atoms with E-state index in [0.29, 0.717) is 18.8 Å². The lowest BCUT2D eigenvalue weighted by Gasteiger charge is -2.34. The van der Waals surface area contributed by atoms with Crippen LogP contribution < -0.4 is 0 Å². The van der Waals surface area contributed by atoms with Gasteiger partial charge in [-0.3, -0.25) is 9.59 Å². The first-order chi connectivity index (χ1) is 8.72. The number of aromatic nitrogens is 2. The molecule has 1 saturated heterocycles. The van der Waals surface area contributed by atoms with Gasteiger partial charge >= 0.3 is 0 Å². The molecule has 0 aliphatic carbocycles. The van der Waals surface area contributed by atoms with Crippen molar-refractivity contribution >= 4 is 11.8 Å². The van der Waals surface area contributed by atoms with Crippen LogP contribution in [0.1, 0.15) is 30.3 Å². The summed E-state index contributed by atoms with van der Waals surface area (Å²) in [4.78, 5) is 33.9. The summed E-state index contributed by atoms with van der Waals surface area (Å²) in [7, 11) is 0. The van der Waals surface area contributed by atoms with Gasteiger partial charge in [-0.25, -0.2) is 4.98 Å². The Morgan fingerprint density at radius 3 is 2.94 bits per heavy atom. The third kappa shape index (κ3) is 2.69. The van der Waals surface area contributed by atoms with Gasteiger partial charge in [0.25, 0.3) is 5.91 Å². The second-order valence-corrected chi connectivity index (χ2v) is 4.43. The third-order valence-electron chi connectivity index (χ3n) is 3.12. The van der Waals surface area contributed by atoms with Crippen molar-refractivity contribution in [2.75, 3.05) is 26.2 Å². The van der Waals surface area contributed by atoms with Gasteiger partial charge in [0.1, 0.15) is 12.2 Å². The smallest absolute Gasteiger partial charge is 0.272 e. The molecule has 1 aliphatic heterocycles. The van der Waals surface area contributed by atoms with Gasteiger partial charge in [-0.2, -0.15) is 0 Å². The molecule has 2 amide bonds. The number of imidazole rings is 1. The molecule has 1 aliphatic rings. The highest BCUT2D eigenvalue weighted by Gasteiger charge is 2.27. The number of amides is 2. The summed E-state index contributed by atoms with van der Waals surface area (Å²) >= 11 is 0. The predicted molar refractivity (Wildman–Crippen MR) is 66.0 cm³/mol. The van der Waals surface area contributed by atoms with Crippen molar-refractivity contribution in [2.45, 2.75) is 19.8 Å². The average Bonchev–Trinajstić information content (AvgIpc) is 2.90. The Labute approximate surface area is 106 Å². The first kappa shape index (κ1) is 12.6. The number of aromatic amines is 1. The molecule has 2 rings (SSSR count). The Bertz CT molecular complexity index is 416. The molecule has 1 N–H and O–H groups in total. The lowest BCUT2D eigenvalue weighted by atomic mass is 10.2. The summed E-state index contributed by atoms with van der Waals surface area (Å²) in [5.41, 5.74) is 0.435. The Morgan fingerprint density at radius 1 is 1.50 bits per heavy atom. The van der Waals surface area contributed by atoms with Crippen molar-refractivity contribution < 1.29 is 9.59 Å². The Hall–Kier alpha value is -1.85. The molecule has 0 bridgehead atoms. The van der Waals surface area contributed by atoms with E-state index in [0.717, 1.165) is 19.4 Å². The number of unbranched alkanes of at least 4 members (excludes halogenated alkanes) is 1. The summed E-state index contributed by atoms with van der Waals surface area (Å²) < 4.78 is 0. The second-order valence-electron chi connectivity index (χ2n) is 4.43. The van der Waals surface area contributed by atoms with Gasteiger partial charge in [0, 0.05) is 19.6 Å². The average molecular weight is 250 g/mol. The number of hydrogen-bond donors (Lipinski definition) is 1. The van der Waals surface area contributed by atoms with Gasteiger partial charge in [0.05, 0.1) is 12.5 Å². The fourth-order valence-corrected chi connectivity index (χ4v) is 2.01. The first-order valence-corrected chi connectivity index (χ1v) is 6.27. The van der Waals surface area contributed by atoms with Gasteiger partial charge in [0.15, 0.2) is 0 Å². The van der Waals surface area contributed by atoms with E-state index in [9.17, 15) is 9.59 Å². The highest BCUT2D eigenvalue weighted by molar-refractivity contribution is 5.95. The van der Waals surface area contributed by atoms with Crippen LogP contribution in [0.2, 0.25) is 0 Å². The van der Waals surface area contributed by atoms with Crippen LogP contribution in [0.15, 0.2) is 12.5 Å². The number of H-pyrrole nitrogens is 1. The lowest BCUT2D eigenvalue weighted by Crippen LogP contribution is -2.52. The molecule has 18 heavy (non-hydrogen) atoms. The number of carbonyl (C=O) groups excluding carboxylic acids is 2. The summed E-state index contributed by atoms with van der Waals surface area (Å²) in [6.07, 6.45) is 5.03. The Morgan fingerprint density at radius 2 is 2.33 bits per heavy atom. The van der Waals surface area contributed by atoms with Crippen molar-refractivity contribution in [2.24, 2.45) is 0 Å². The monoisotopic (exact) mass is 250 g/mol. The van der Waals surface area contributed by atoms with Crippen molar-refractivity contribution in [1.29, 1.82) is 0 Å². The highest BCUT2D eigenvalue weighted by Crippen LogP contribution is 2.08. The number of nitrogens with one attached hydrogen (secondary N) is 1. The van der Waals surface area contributed by atoms with Crippen LogP contribution in [0.25, 0.3) is 0 Å². The standard InChI is InChI=1S/C12H18N4O2/c1-2-3-4-15-5-6-16(8-11(15)17)12(18)10-7-13-9-14-10/h7,9H,2-6,8H2,1H3,(H,13,14). The number of piperazine rings is 1. The highest BCUT2D eigenvalue weighted by atomic mass is 16.2. The van der Waals surface area contributed by atoms with E-state index in [-0.39, 0.29) is 18.4 Å². The normalized spacial score (nSPS) is 16.2. The zero-order chi connectivity index (χ0) is 13.0. The number of hydrogen-bond acceptors (Lipinski definition) is 3. The first-order valence-electron chi connectivity index (χ1n) is 6.27. The van der Waals surface area contributed by atoms with Crippen molar-refractivity contribution in [3.63, 3.8) is 0 Å². The van der Waals surface area contributed by atoms with E-state index >= 15 is 0 Å². The van der Waals surface area contributed by atoms with Gasteiger partial charge in [-0.1, -0.05) is 13.3 Å². The summed E-state index contributed by atoms with van der Waals surface area (Å²) in [6.45, 7) is 4.28. The molecular formula is C12H18N4O2. The molecule has 0 spiro atoms. The molecule has 0 aromatic carbocycles. The van der Waals surface area contributed by atoms with E-state index < -0.39 is 0 Å². The van der Waals surface area contributed by atoms with E-state index in [4.69, 9.17) is 0 Å². The topological polar surface area (TPSA) is 69.3 Å². The molecule has 0 saturated carbocycles. The van der Waals surface area contributed by atoms with E-state index in [1.165, 1.54) is 12.5 Å². The molecule has 0 unspecified atom stereocenters. The fraction of sp³-hybridized carbons (Fsp3) is 0.583. The summed E-state index contributed by atoms with van der Waals surface area (Å²) in [6, 6.07) is 0. The minimum absolute atomic E-state index is 0.0302. The zero-order valence-electron chi connectivity index (χ0n) is 10.6. The van der Waals surface area contributed by atoms with E-state index in [1.807, 2.05) is 4.90 Å². The molecule has 1 aromatic rings. The molecular weight excluding hydrogens is 232 g/mol. The summed E-state index contributed by atoms with van der Waals surface area (Å²) in [5, 5.41) is 0. The fourth-order valence-electron chi connectivity index (χ4n) is 2.01. The molecule has 98 valence electrons. The van der Waals surface area contributed by atoms with E-state index in [2.05, 4.69) is 16.9 Å². The zero-order valence-corrected chi connectivity index (χ0v) is 10.6. The van der Waals surface area contributed by atoms with Gasteiger partial charge < -0.3 is 14.8 Å². The predicted octanol–water partition coefficient (Wildman–Crippen LogP) is 0.494. The van der Waals surface area contributed by atoms with Crippen molar-refractivity contribution in [3.05, 3.63) is 18.2 Å². The summed E-state index contributed by atoms with van der Waals surface area (Å²) in [5.74, 6) is -0.126. The minimum atomic E-state index is -0.156. The largest absolute Gasteiger partial charge is 0.341 e. The van der Waals surface area contributed by atoms with Gasteiger partial charge in [-0.05, 0) is 6.42 Å². The molecule has 1 aromatic heterocycles. The van der Waals surface area contributed by atoms with Crippen LogP contribution in [0.3, 0.4) is 0 Å². The maximum absolute atomic E-state index is 12.0. The van der Waals surface area contributed by atoms with Gasteiger partial charge in [-0.15, -0.1) is 0 Å². The van der Waals surface area contributed by atoms with Crippen LogP contribution in [-0.2, 0) is 4.79 Å². The number of carbonyl (C=O) groups is 2. The van der Waals surface area contributed by atoms with Crippen LogP contribution in [0.5, 0.6) is 0 Å². The molecule has 0 radical (unpaired) electrons. The molecule has 2 heterocycles. The quantitative estimate of drug-likeness (QED) is 0.845. The van der Waals surface area contributed by atoms with Crippen molar-refractivity contribution in [3.8, 4) is 0 Å². The maximum Gasteiger partial charge on any atom is 0.272 e. The molecule has 0 atom stereocenters. The van der Waals surface area contributed by atoms with Crippen LogP contribution in [0, 0.1) is 0 Å². The van der Waals surface area contributed by atoms with E-state index in [1.54, 1.807) is 4.90 Å². The minimum Gasteiger partial charge on any atom is -0.341 e. The number of nitrogens with zero attached hydrogens (tertiary/aromatic N) is 3. The Balaban J connectivity index is 1.92. The van der Waals surface area contributed by atoms with Crippen LogP contribution in [-0.4, -0.2) is 57.8 Å². The third-order valence-corrected chi connectivity index (χ3v) is 3.12. The Kier molecular flexibility index (Phi) is 3.96. The molecule has 6 nitrogen and oxygen atoms in total. The molecule has 1 fully saturated rings. The van der Waals surface area contributed by atoms with Crippen LogP contribution in [0.4, 0.5) is 0 Å². The lowest BCUT2D eigenvalue weighted by molar-refractivity contribution is -0.135. The van der Waals surface area contributed by atoms with Crippen molar-refractivity contribution in [1.82, 2.24) is 19.8 Å².